The van der Waals surface area contributed by atoms with Gasteiger partial charge in [-0.05, 0) is 36.1 Å². The largest absolute Gasteiger partial charge is 0.261 e. The molecule has 0 saturated carbocycles. The van der Waals surface area contributed by atoms with Crippen LogP contribution in [0.1, 0.15) is 50.9 Å². The average molecular weight is 278 g/mol. The lowest BCUT2D eigenvalue weighted by Gasteiger charge is -2.02. The molecule has 20 heavy (non-hydrogen) atoms. The minimum atomic E-state index is -0.211. The van der Waals surface area contributed by atoms with Crippen LogP contribution in [0.4, 0.5) is 8.78 Å². The van der Waals surface area contributed by atoms with Gasteiger partial charge in [0.2, 0.25) is 0 Å². The summed E-state index contributed by atoms with van der Waals surface area (Å²) in [6.07, 6.45) is 3.10. The molecule has 2 aromatic rings. The molecule has 0 N–H and O–H groups in total. The first-order valence-electron chi connectivity index (χ1n) is 6.63. The highest BCUT2D eigenvalue weighted by Crippen LogP contribution is 2.13. The van der Waals surface area contributed by atoms with E-state index in [1.165, 1.54) is 24.4 Å². The Kier molecular flexibility index (Phi) is 6.22. The lowest BCUT2D eigenvalue weighted by atomic mass is 10.1. The molecule has 2 rings (SSSR count). The fourth-order valence-electron chi connectivity index (χ4n) is 1.56. The molecule has 0 aromatic carbocycles. The van der Waals surface area contributed by atoms with Gasteiger partial charge < -0.3 is 0 Å². The molecule has 2 aromatic heterocycles. The molecule has 2 heterocycles. The van der Waals surface area contributed by atoms with Crippen molar-refractivity contribution in [3.05, 3.63) is 59.7 Å². The van der Waals surface area contributed by atoms with Crippen molar-refractivity contribution in [2.24, 2.45) is 0 Å². The second-order valence-electron chi connectivity index (χ2n) is 5.08. The van der Waals surface area contributed by atoms with Crippen molar-refractivity contribution in [1.82, 2.24) is 9.97 Å². The summed E-state index contributed by atoms with van der Waals surface area (Å²) < 4.78 is 25.3. The topological polar surface area (TPSA) is 25.8 Å². The SMILES string of the molecule is CC(C)c1cc(F)ccn1.CC(C)c1ncccc1F. The fourth-order valence-corrected chi connectivity index (χ4v) is 1.56. The fraction of sp³-hybridized carbons (Fsp3) is 0.375. The number of pyridine rings is 2. The van der Waals surface area contributed by atoms with Crippen LogP contribution in [0.5, 0.6) is 0 Å². The van der Waals surface area contributed by atoms with Gasteiger partial charge in [0.1, 0.15) is 11.6 Å². The minimum absolute atomic E-state index is 0.168. The van der Waals surface area contributed by atoms with Crippen molar-refractivity contribution in [3.63, 3.8) is 0 Å². The Hall–Kier alpha value is -1.84. The summed E-state index contributed by atoms with van der Waals surface area (Å²) in [6, 6.07) is 5.85. The Bertz CT molecular complexity index is 540. The maximum absolute atomic E-state index is 12.8. The van der Waals surface area contributed by atoms with Crippen molar-refractivity contribution in [2.45, 2.75) is 39.5 Å². The van der Waals surface area contributed by atoms with E-state index >= 15 is 0 Å². The van der Waals surface area contributed by atoms with Gasteiger partial charge in [-0.1, -0.05) is 27.7 Å². The summed E-state index contributed by atoms with van der Waals surface area (Å²) in [5.74, 6) is 0.0492. The van der Waals surface area contributed by atoms with Gasteiger partial charge >= 0.3 is 0 Å². The standard InChI is InChI=1S/2C8H10FN/c1-6(2)8-5-7(9)3-4-10-8;1-6(2)8-7(9)4-3-5-10-8/h2*3-6H,1-2H3. The van der Waals surface area contributed by atoms with Crippen molar-refractivity contribution in [3.8, 4) is 0 Å². The number of hydrogen-bond donors (Lipinski definition) is 0. The van der Waals surface area contributed by atoms with E-state index in [0.717, 1.165) is 5.69 Å². The highest BCUT2D eigenvalue weighted by Gasteiger charge is 2.05. The van der Waals surface area contributed by atoms with E-state index in [1.54, 1.807) is 12.3 Å². The van der Waals surface area contributed by atoms with Crippen molar-refractivity contribution in [1.29, 1.82) is 0 Å². The van der Waals surface area contributed by atoms with Gasteiger partial charge in [0.05, 0.1) is 5.69 Å². The summed E-state index contributed by atoms with van der Waals surface area (Å²) in [4.78, 5) is 7.90. The zero-order chi connectivity index (χ0) is 15.1. The van der Waals surface area contributed by atoms with Gasteiger partial charge in [0, 0.05) is 18.1 Å². The third kappa shape index (κ3) is 5.03. The highest BCUT2D eigenvalue weighted by molar-refractivity contribution is 5.10. The third-order valence-electron chi connectivity index (χ3n) is 2.67. The Morgan fingerprint density at radius 1 is 0.900 bits per heavy atom. The van der Waals surface area contributed by atoms with Crippen LogP contribution in [0.2, 0.25) is 0 Å². The first kappa shape index (κ1) is 16.2. The van der Waals surface area contributed by atoms with Crippen molar-refractivity contribution < 1.29 is 8.78 Å². The lowest BCUT2D eigenvalue weighted by Crippen LogP contribution is -1.95. The Balaban J connectivity index is 0.000000200. The van der Waals surface area contributed by atoms with E-state index in [4.69, 9.17) is 0 Å². The first-order chi connectivity index (χ1) is 9.41. The molecule has 2 nitrogen and oxygen atoms in total. The minimum Gasteiger partial charge on any atom is -0.261 e. The quantitative estimate of drug-likeness (QED) is 0.796. The van der Waals surface area contributed by atoms with Crippen LogP contribution in [0.25, 0.3) is 0 Å². The van der Waals surface area contributed by atoms with Gasteiger partial charge in [-0.15, -0.1) is 0 Å². The van der Waals surface area contributed by atoms with Crippen LogP contribution in [-0.4, -0.2) is 9.97 Å². The second kappa shape index (κ2) is 7.68. The predicted molar refractivity (Wildman–Crippen MR) is 76.6 cm³/mol. The van der Waals surface area contributed by atoms with E-state index in [1.807, 2.05) is 27.7 Å². The Morgan fingerprint density at radius 2 is 1.60 bits per heavy atom. The normalized spacial score (nSPS) is 10.4. The molecule has 0 atom stereocenters. The van der Waals surface area contributed by atoms with Crippen LogP contribution >= 0.6 is 0 Å². The molecular weight excluding hydrogens is 258 g/mol. The number of rotatable bonds is 2. The molecule has 4 heteroatoms. The number of hydrogen-bond acceptors (Lipinski definition) is 2. The molecule has 0 unspecified atom stereocenters. The second-order valence-corrected chi connectivity index (χ2v) is 5.08. The van der Waals surface area contributed by atoms with Gasteiger partial charge in [-0.25, -0.2) is 8.78 Å². The average Bonchev–Trinajstić information content (AvgIpc) is 2.39. The van der Waals surface area contributed by atoms with Crippen LogP contribution in [0, 0.1) is 11.6 Å². The number of aromatic nitrogens is 2. The van der Waals surface area contributed by atoms with E-state index in [9.17, 15) is 8.78 Å². The van der Waals surface area contributed by atoms with Crippen LogP contribution < -0.4 is 0 Å². The zero-order valence-corrected chi connectivity index (χ0v) is 12.3. The molecule has 0 radical (unpaired) electrons. The maximum atomic E-state index is 12.8. The zero-order valence-electron chi connectivity index (χ0n) is 12.3. The molecule has 0 fully saturated rings. The molecule has 0 spiro atoms. The molecule has 0 bridgehead atoms. The van der Waals surface area contributed by atoms with Crippen LogP contribution in [-0.2, 0) is 0 Å². The number of nitrogens with zero attached hydrogens (tertiary/aromatic N) is 2. The summed E-state index contributed by atoms with van der Waals surface area (Å²) in [5.41, 5.74) is 1.35. The molecule has 0 aliphatic heterocycles. The third-order valence-corrected chi connectivity index (χ3v) is 2.67. The van der Waals surface area contributed by atoms with E-state index in [0.29, 0.717) is 11.6 Å². The predicted octanol–water partition coefficient (Wildman–Crippen LogP) is 4.69. The van der Waals surface area contributed by atoms with Gasteiger partial charge in [-0.3, -0.25) is 9.97 Å². The lowest BCUT2D eigenvalue weighted by molar-refractivity contribution is 0.584. The van der Waals surface area contributed by atoms with E-state index in [-0.39, 0.29) is 17.6 Å². The van der Waals surface area contributed by atoms with Crippen molar-refractivity contribution in [2.75, 3.05) is 0 Å². The Morgan fingerprint density at radius 3 is 2.00 bits per heavy atom. The summed E-state index contributed by atoms with van der Waals surface area (Å²) >= 11 is 0. The van der Waals surface area contributed by atoms with Gasteiger partial charge in [-0.2, -0.15) is 0 Å². The number of halogens is 2. The molecule has 0 amide bonds. The van der Waals surface area contributed by atoms with E-state index < -0.39 is 0 Å². The highest BCUT2D eigenvalue weighted by atomic mass is 19.1. The summed E-state index contributed by atoms with van der Waals surface area (Å²) in [7, 11) is 0. The molecule has 0 saturated heterocycles. The molecule has 0 aliphatic carbocycles. The van der Waals surface area contributed by atoms with Crippen LogP contribution in [0.3, 0.4) is 0 Å². The molecule has 108 valence electrons. The van der Waals surface area contributed by atoms with Crippen LogP contribution in [0.15, 0.2) is 36.7 Å². The van der Waals surface area contributed by atoms with E-state index in [2.05, 4.69) is 9.97 Å². The van der Waals surface area contributed by atoms with Gasteiger partial charge in [0.15, 0.2) is 0 Å². The molecular formula is C16H20F2N2. The maximum Gasteiger partial charge on any atom is 0.144 e. The monoisotopic (exact) mass is 278 g/mol. The van der Waals surface area contributed by atoms with Gasteiger partial charge in [0.25, 0.3) is 0 Å². The summed E-state index contributed by atoms with van der Waals surface area (Å²) in [6.45, 7) is 7.82. The molecule has 0 aliphatic rings. The smallest absolute Gasteiger partial charge is 0.144 e. The first-order valence-corrected chi connectivity index (χ1v) is 6.63. The van der Waals surface area contributed by atoms with Crippen molar-refractivity contribution >= 4 is 0 Å². The Labute approximate surface area is 118 Å². The summed E-state index contributed by atoms with van der Waals surface area (Å²) in [5, 5.41) is 0.